The molecule has 2 rings (SSSR count). The summed E-state index contributed by atoms with van der Waals surface area (Å²) in [4.78, 5) is 15.5. The number of rotatable bonds is 5. The fourth-order valence-corrected chi connectivity index (χ4v) is 1.59. The molecule has 88 valence electrons. The fourth-order valence-electron chi connectivity index (χ4n) is 1.59. The standard InChI is InChI=1S/C13H15N3O/c17-13(10-12-4-2-1-3-5-12)15-7-9-16-8-6-14-11-16/h1-6,8,11H,7,9-10H2,(H,15,17). The first kappa shape index (κ1) is 11.4. The van der Waals surface area contributed by atoms with Gasteiger partial charge in [0.15, 0.2) is 0 Å². The number of carbonyl (C=O) groups excluding carboxylic acids is 1. The van der Waals surface area contributed by atoms with E-state index in [1.807, 2.05) is 41.1 Å². The molecule has 1 aromatic heterocycles. The van der Waals surface area contributed by atoms with E-state index in [2.05, 4.69) is 10.3 Å². The first-order valence-electron chi connectivity index (χ1n) is 5.61. The smallest absolute Gasteiger partial charge is 0.224 e. The summed E-state index contributed by atoms with van der Waals surface area (Å²) in [6.45, 7) is 1.38. The largest absolute Gasteiger partial charge is 0.354 e. The van der Waals surface area contributed by atoms with E-state index in [0.717, 1.165) is 12.1 Å². The molecule has 0 atom stereocenters. The van der Waals surface area contributed by atoms with Crippen molar-refractivity contribution in [1.82, 2.24) is 14.9 Å². The van der Waals surface area contributed by atoms with Crippen LogP contribution in [0.1, 0.15) is 5.56 Å². The van der Waals surface area contributed by atoms with Crippen LogP contribution in [0.2, 0.25) is 0 Å². The van der Waals surface area contributed by atoms with E-state index in [-0.39, 0.29) is 5.91 Å². The van der Waals surface area contributed by atoms with Gasteiger partial charge in [-0.25, -0.2) is 4.98 Å². The highest BCUT2D eigenvalue weighted by Gasteiger charge is 2.01. The number of aromatic nitrogens is 2. The average molecular weight is 229 g/mol. The van der Waals surface area contributed by atoms with Gasteiger partial charge in [0.25, 0.3) is 0 Å². The lowest BCUT2D eigenvalue weighted by Gasteiger charge is -2.05. The Morgan fingerprint density at radius 2 is 2.12 bits per heavy atom. The Kier molecular flexibility index (Phi) is 3.91. The first-order valence-corrected chi connectivity index (χ1v) is 5.61. The highest BCUT2D eigenvalue weighted by molar-refractivity contribution is 5.78. The lowest BCUT2D eigenvalue weighted by atomic mass is 10.1. The molecule has 0 fully saturated rings. The molecule has 1 aromatic carbocycles. The summed E-state index contributed by atoms with van der Waals surface area (Å²) >= 11 is 0. The van der Waals surface area contributed by atoms with Crippen LogP contribution in [0.25, 0.3) is 0 Å². The van der Waals surface area contributed by atoms with Crippen LogP contribution >= 0.6 is 0 Å². The second-order valence-corrected chi connectivity index (χ2v) is 3.81. The molecule has 0 unspecified atom stereocenters. The van der Waals surface area contributed by atoms with Gasteiger partial charge in [-0.1, -0.05) is 30.3 Å². The minimum atomic E-state index is 0.0521. The third-order valence-corrected chi connectivity index (χ3v) is 2.46. The van der Waals surface area contributed by atoms with E-state index in [4.69, 9.17) is 0 Å². The number of imidazole rings is 1. The normalized spacial score (nSPS) is 10.1. The van der Waals surface area contributed by atoms with Gasteiger partial charge in [0.1, 0.15) is 0 Å². The number of carbonyl (C=O) groups is 1. The SMILES string of the molecule is O=C(Cc1ccccc1)NCCn1ccnc1. The predicted octanol–water partition coefficient (Wildman–Crippen LogP) is 1.24. The molecule has 17 heavy (non-hydrogen) atoms. The monoisotopic (exact) mass is 229 g/mol. The number of hydrogen-bond donors (Lipinski definition) is 1. The molecule has 0 aliphatic rings. The summed E-state index contributed by atoms with van der Waals surface area (Å²) in [6, 6.07) is 9.73. The van der Waals surface area contributed by atoms with Gasteiger partial charge in [-0.15, -0.1) is 0 Å². The lowest BCUT2D eigenvalue weighted by Crippen LogP contribution is -2.28. The van der Waals surface area contributed by atoms with Crippen molar-refractivity contribution in [1.29, 1.82) is 0 Å². The van der Waals surface area contributed by atoms with Crippen molar-refractivity contribution in [3.63, 3.8) is 0 Å². The maximum Gasteiger partial charge on any atom is 0.224 e. The fraction of sp³-hybridized carbons (Fsp3) is 0.231. The molecule has 0 saturated carbocycles. The van der Waals surface area contributed by atoms with Gasteiger partial charge in [0.05, 0.1) is 12.7 Å². The second kappa shape index (κ2) is 5.84. The van der Waals surface area contributed by atoms with Crippen LogP contribution in [-0.4, -0.2) is 22.0 Å². The molecule has 2 aromatic rings. The minimum absolute atomic E-state index is 0.0521. The number of nitrogens with one attached hydrogen (secondary N) is 1. The Morgan fingerprint density at radius 1 is 1.29 bits per heavy atom. The summed E-state index contributed by atoms with van der Waals surface area (Å²) in [5, 5.41) is 2.88. The molecule has 0 spiro atoms. The maximum absolute atomic E-state index is 11.6. The Morgan fingerprint density at radius 3 is 2.82 bits per heavy atom. The summed E-state index contributed by atoms with van der Waals surface area (Å²) < 4.78 is 1.93. The van der Waals surface area contributed by atoms with Crippen molar-refractivity contribution in [2.45, 2.75) is 13.0 Å². The van der Waals surface area contributed by atoms with Gasteiger partial charge < -0.3 is 9.88 Å². The van der Waals surface area contributed by atoms with E-state index in [9.17, 15) is 4.79 Å². The summed E-state index contributed by atoms with van der Waals surface area (Å²) in [5.74, 6) is 0.0521. The molecule has 0 aliphatic carbocycles. The van der Waals surface area contributed by atoms with Gasteiger partial charge in [-0.05, 0) is 5.56 Å². The maximum atomic E-state index is 11.6. The number of hydrogen-bond acceptors (Lipinski definition) is 2. The van der Waals surface area contributed by atoms with Gasteiger partial charge in [-0.3, -0.25) is 4.79 Å². The van der Waals surface area contributed by atoms with Gasteiger partial charge in [-0.2, -0.15) is 0 Å². The molecule has 0 bridgehead atoms. The summed E-state index contributed by atoms with van der Waals surface area (Å²) in [7, 11) is 0. The van der Waals surface area contributed by atoms with Crippen molar-refractivity contribution in [3.05, 3.63) is 54.6 Å². The van der Waals surface area contributed by atoms with Crippen molar-refractivity contribution >= 4 is 5.91 Å². The highest BCUT2D eigenvalue weighted by Crippen LogP contribution is 1.98. The van der Waals surface area contributed by atoms with Gasteiger partial charge in [0, 0.05) is 25.5 Å². The minimum Gasteiger partial charge on any atom is -0.354 e. The molecule has 0 radical (unpaired) electrons. The third kappa shape index (κ3) is 3.75. The van der Waals surface area contributed by atoms with Crippen molar-refractivity contribution < 1.29 is 4.79 Å². The molecule has 4 heteroatoms. The molecular formula is C13H15N3O. The quantitative estimate of drug-likeness (QED) is 0.838. The van der Waals surface area contributed by atoms with Crippen LogP contribution in [0.4, 0.5) is 0 Å². The first-order chi connectivity index (χ1) is 8.34. The van der Waals surface area contributed by atoms with Crippen molar-refractivity contribution in [2.75, 3.05) is 6.54 Å². The Balaban J connectivity index is 1.71. The van der Waals surface area contributed by atoms with E-state index >= 15 is 0 Å². The Bertz CT molecular complexity index is 451. The van der Waals surface area contributed by atoms with Gasteiger partial charge >= 0.3 is 0 Å². The average Bonchev–Trinajstić information content (AvgIpc) is 2.83. The van der Waals surface area contributed by atoms with Crippen LogP contribution in [0.15, 0.2) is 49.1 Å². The van der Waals surface area contributed by atoms with E-state index in [0.29, 0.717) is 13.0 Å². The van der Waals surface area contributed by atoms with E-state index in [1.54, 1.807) is 12.5 Å². The molecular weight excluding hydrogens is 214 g/mol. The lowest BCUT2D eigenvalue weighted by molar-refractivity contribution is -0.120. The van der Waals surface area contributed by atoms with Gasteiger partial charge in [0.2, 0.25) is 5.91 Å². The number of nitrogens with zero attached hydrogens (tertiary/aromatic N) is 2. The van der Waals surface area contributed by atoms with Crippen LogP contribution in [0, 0.1) is 0 Å². The van der Waals surface area contributed by atoms with Crippen LogP contribution in [-0.2, 0) is 17.8 Å². The van der Waals surface area contributed by atoms with Crippen LogP contribution in [0.5, 0.6) is 0 Å². The molecule has 1 heterocycles. The zero-order chi connectivity index (χ0) is 11.9. The predicted molar refractivity (Wildman–Crippen MR) is 65.4 cm³/mol. The zero-order valence-corrected chi connectivity index (χ0v) is 9.54. The van der Waals surface area contributed by atoms with Crippen molar-refractivity contribution in [3.8, 4) is 0 Å². The topological polar surface area (TPSA) is 46.9 Å². The summed E-state index contributed by atoms with van der Waals surface area (Å²) in [5.41, 5.74) is 1.03. The Hall–Kier alpha value is -2.10. The van der Waals surface area contributed by atoms with E-state index in [1.165, 1.54) is 0 Å². The molecule has 1 N–H and O–H groups in total. The van der Waals surface area contributed by atoms with Crippen molar-refractivity contribution in [2.24, 2.45) is 0 Å². The number of benzene rings is 1. The second-order valence-electron chi connectivity index (χ2n) is 3.81. The molecule has 4 nitrogen and oxygen atoms in total. The number of amides is 1. The van der Waals surface area contributed by atoms with Crippen LogP contribution < -0.4 is 5.32 Å². The van der Waals surface area contributed by atoms with E-state index < -0.39 is 0 Å². The molecule has 1 amide bonds. The highest BCUT2D eigenvalue weighted by atomic mass is 16.1. The third-order valence-electron chi connectivity index (χ3n) is 2.46. The molecule has 0 saturated heterocycles. The summed E-state index contributed by atoms with van der Waals surface area (Å²) in [6.07, 6.45) is 5.78. The zero-order valence-electron chi connectivity index (χ0n) is 9.54. The van der Waals surface area contributed by atoms with Crippen LogP contribution in [0.3, 0.4) is 0 Å². The Labute approximate surface area is 100 Å². The molecule has 0 aliphatic heterocycles.